The van der Waals surface area contributed by atoms with Gasteiger partial charge in [-0.2, -0.15) is 18.2 Å². The lowest BCUT2D eigenvalue weighted by Crippen LogP contribution is -2.12. The molecule has 0 aliphatic carbocycles. The summed E-state index contributed by atoms with van der Waals surface area (Å²) < 4.78 is 45.0. The molecule has 0 spiro atoms. The van der Waals surface area contributed by atoms with E-state index in [1.54, 1.807) is 12.2 Å². The fourth-order valence-corrected chi connectivity index (χ4v) is 2.11. The van der Waals surface area contributed by atoms with E-state index in [1.165, 1.54) is 14.2 Å². The van der Waals surface area contributed by atoms with Gasteiger partial charge < -0.3 is 14.6 Å². The minimum absolute atomic E-state index is 0.00138. The lowest BCUT2D eigenvalue weighted by atomic mass is 10.3. The lowest BCUT2D eigenvalue weighted by Gasteiger charge is -2.10. The number of rotatable bonds is 5. The normalized spacial score (nSPS) is 13.3. The van der Waals surface area contributed by atoms with Gasteiger partial charge in [0.05, 0.1) is 7.11 Å². The van der Waals surface area contributed by atoms with Gasteiger partial charge in [-0.05, 0) is 26.0 Å². The number of alkyl halides is 3. The first-order valence-corrected chi connectivity index (χ1v) is 7.40. The molecule has 0 saturated heterocycles. The number of hydrogen-bond donors (Lipinski definition) is 1. The van der Waals surface area contributed by atoms with Gasteiger partial charge in [-0.25, -0.2) is 9.97 Å². The monoisotopic (exact) mass is 353 g/mol. The van der Waals surface area contributed by atoms with E-state index in [0.29, 0.717) is 5.70 Å². The third-order valence-corrected chi connectivity index (χ3v) is 3.20. The first-order valence-electron chi connectivity index (χ1n) is 7.40. The van der Waals surface area contributed by atoms with Crippen molar-refractivity contribution < 1.29 is 17.9 Å². The van der Waals surface area contributed by atoms with Crippen LogP contribution in [-0.4, -0.2) is 26.6 Å². The van der Waals surface area contributed by atoms with Crippen molar-refractivity contribution in [1.29, 1.82) is 0 Å². The van der Waals surface area contributed by atoms with Gasteiger partial charge in [0.25, 0.3) is 5.88 Å². The molecule has 0 aliphatic rings. The average Bonchev–Trinajstić information content (AvgIpc) is 2.88. The van der Waals surface area contributed by atoms with E-state index in [-0.39, 0.29) is 23.0 Å². The van der Waals surface area contributed by atoms with Crippen molar-refractivity contribution in [3.63, 3.8) is 0 Å². The highest BCUT2D eigenvalue weighted by Crippen LogP contribution is 2.31. The van der Waals surface area contributed by atoms with E-state index in [4.69, 9.17) is 4.74 Å². The summed E-state index contributed by atoms with van der Waals surface area (Å²) in [7, 11) is 2.60. The molecule has 0 bridgehead atoms. The average molecular weight is 353 g/mol. The molecule has 0 atom stereocenters. The van der Waals surface area contributed by atoms with E-state index in [2.05, 4.69) is 20.3 Å². The number of nitrogens with zero attached hydrogens (tertiary/aromatic N) is 4. The Morgan fingerprint density at radius 3 is 2.44 bits per heavy atom. The molecule has 0 aliphatic heterocycles. The van der Waals surface area contributed by atoms with Crippen molar-refractivity contribution in [2.24, 2.45) is 7.05 Å². The van der Waals surface area contributed by atoms with Crippen LogP contribution in [-0.2, 0) is 13.2 Å². The summed E-state index contributed by atoms with van der Waals surface area (Å²) in [5, 5.41) is 3.00. The van der Waals surface area contributed by atoms with Gasteiger partial charge in [0, 0.05) is 12.7 Å². The van der Waals surface area contributed by atoms with Gasteiger partial charge >= 0.3 is 6.18 Å². The molecule has 0 fully saturated rings. The topological polar surface area (TPSA) is 64.9 Å². The zero-order valence-corrected chi connectivity index (χ0v) is 14.2. The molecule has 0 unspecified atom stereocenters. The van der Waals surface area contributed by atoms with Crippen LogP contribution in [0.4, 0.5) is 19.0 Å². The second-order valence-corrected chi connectivity index (χ2v) is 4.99. The fraction of sp³-hybridized carbons (Fsp3) is 0.312. The van der Waals surface area contributed by atoms with Crippen LogP contribution < -0.4 is 10.1 Å². The number of anilines is 1. The molecule has 2 heterocycles. The van der Waals surface area contributed by atoms with Crippen molar-refractivity contribution in [2.45, 2.75) is 20.0 Å². The standard InChI is InChI=1S/C16H18F3N5O/c1-5-7-9-10(8-6-2)20-12-14(25-4)22-11-13(21-12)24(3)15(23-11)16(17,18)19/h5-9H,1-4H3,(H,20,21)/b7-5-,8-6-,10-9+. The van der Waals surface area contributed by atoms with E-state index >= 15 is 0 Å². The van der Waals surface area contributed by atoms with Crippen LogP contribution in [0, 0.1) is 0 Å². The number of aromatic nitrogens is 4. The highest BCUT2D eigenvalue weighted by Gasteiger charge is 2.37. The Bertz CT molecular complexity index is 850. The maximum atomic E-state index is 13.0. The number of aryl methyl sites for hydroxylation is 1. The van der Waals surface area contributed by atoms with Gasteiger partial charge in [0.2, 0.25) is 11.5 Å². The quantitative estimate of drug-likeness (QED) is 0.828. The van der Waals surface area contributed by atoms with Gasteiger partial charge in [0.1, 0.15) is 0 Å². The summed E-state index contributed by atoms with van der Waals surface area (Å²) in [4.78, 5) is 11.8. The number of imidazole rings is 1. The Labute approximate surface area is 142 Å². The SMILES string of the molecule is C\C=C/C=C(\C=C/C)Nc1nc2c(nc1OC)nc(C(F)(F)F)n2C. The Morgan fingerprint density at radius 1 is 1.16 bits per heavy atom. The minimum atomic E-state index is -4.60. The highest BCUT2D eigenvalue weighted by molar-refractivity contribution is 5.72. The maximum absolute atomic E-state index is 13.0. The molecule has 0 amide bonds. The zero-order chi connectivity index (χ0) is 18.6. The Hall–Kier alpha value is -2.84. The van der Waals surface area contributed by atoms with Crippen LogP contribution in [0.5, 0.6) is 5.88 Å². The summed E-state index contributed by atoms with van der Waals surface area (Å²) in [6.07, 6.45) is 4.44. The second kappa shape index (κ2) is 7.37. The molecule has 2 rings (SSSR count). The summed E-state index contributed by atoms with van der Waals surface area (Å²) in [5.74, 6) is -0.823. The molecular formula is C16H18F3N5O. The second-order valence-electron chi connectivity index (χ2n) is 4.99. The van der Waals surface area contributed by atoms with E-state index in [9.17, 15) is 13.2 Å². The number of fused-ring (bicyclic) bond motifs is 1. The molecule has 134 valence electrons. The highest BCUT2D eigenvalue weighted by atomic mass is 19.4. The number of nitrogens with one attached hydrogen (secondary N) is 1. The third kappa shape index (κ3) is 3.98. The molecule has 0 aromatic carbocycles. The minimum Gasteiger partial charge on any atom is -0.478 e. The molecule has 25 heavy (non-hydrogen) atoms. The number of ether oxygens (including phenoxy) is 1. The van der Waals surface area contributed by atoms with Crippen molar-refractivity contribution >= 4 is 17.1 Å². The summed E-state index contributed by atoms with van der Waals surface area (Å²) in [5.41, 5.74) is 0.537. The largest absolute Gasteiger partial charge is 0.478 e. The number of halogens is 3. The van der Waals surface area contributed by atoms with Gasteiger partial charge in [-0.15, -0.1) is 0 Å². The van der Waals surface area contributed by atoms with Crippen LogP contribution in [0.15, 0.2) is 36.1 Å². The number of hydrogen-bond acceptors (Lipinski definition) is 5. The van der Waals surface area contributed by atoms with Crippen LogP contribution in [0.2, 0.25) is 0 Å². The molecular weight excluding hydrogens is 335 g/mol. The zero-order valence-electron chi connectivity index (χ0n) is 14.2. The molecule has 9 heteroatoms. The molecule has 1 N–H and O–H groups in total. The third-order valence-electron chi connectivity index (χ3n) is 3.20. The maximum Gasteiger partial charge on any atom is 0.449 e. The first-order chi connectivity index (χ1) is 11.8. The molecule has 6 nitrogen and oxygen atoms in total. The summed E-state index contributed by atoms with van der Waals surface area (Å²) >= 11 is 0. The van der Waals surface area contributed by atoms with Crippen LogP contribution >= 0.6 is 0 Å². The molecule has 0 radical (unpaired) electrons. The predicted octanol–water partition coefficient (Wildman–Crippen LogP) is 3.84. The number of allylic oxidation sites excluding steroid dienone is 5. The van der Waals surface area contributed by atoms with E-state index in [1.807, 2.05) is 32.1 Å². The van der Waals surface area contributed by atoms with E-state index in [0.717, 1.165) is 4.57 Å². The van der Waals surface area contributed by atoms with Crippen molar-refractivity contribution in [3.05, 3.63) is 41.9 Å². The molecule has 2 aromatic heterocycles. The smallest absolute Gasteiger partial charge is 0.449 e. The molecule has 0 saturated carbocycles. The lowest BCUT2D eigenvalue weighted by molar-refractivity contribution is -0.146. The van der Waals surface area contributed by atoms with Crippen molar-refractivity contribution in [3.8, 4) is 5.88 Å². The Kier molecular flexibility index (Phi) is 5.45. The van der Waals surface area contributed by atoms with Gasteiger partial charge in [0.15, 0.2) is 11.5 Å². The number of methoxy groups -OCH3 is 1. The predicted molar refractivity (Wildman–Crippen MR) is 89.2 cm³/mol. The Morgan fingerprint density at radius 2 is 1.88 bits per heavy atom. The fourth-order valence-electron chi connectivity index (χ4n) is 2.11. The van der Waals surface area contributed by atoms with Crippen LogP contribution in [0.3, 0.4) is 0 Å². The summed E-state index contributed by atoms with van der Waals surface area (Å²) in [6, 6.07) is 0. The van der Waals surface area contributed by atoms with Crippen molar-refractivity contribution in [1.82, 2.24) is 19.5 Å². The van der Waals surface area contributed by atoms with Crippen molar-refractivity contribution in [2.75, 3.05) is 12.4 Å². The molecule has 2 aromatic rings. The van der Waals surface area contributed by atoms with Gasteiger partial charge in [-0.1, -0.05) is 18.2 Å². The van der Waals surface area contributed by atoms with Gasteiger partial charge in [-0.3, -0.25) is 0 Å². The Balaban J connectivity index is 2.58. The van der Waals surface area contributed by atoms with E-state index < -0.39 is 12.0 Å². The first kappa shape index (κ1) is 18.5. The van der Waals surface area contributed by atoms with Crippen LogP contribution in [0.25, 0.3) is 11.3 Å². The van der Waals surface area contributed by atoms with Crippen LogP contribution in [0.1, 0.15) is 19.7 Å². The summed E-state index contributed by atoms with van der Waals surface area (Å²) in [6.45, 7) is 3.71.